The summed E-state index contributed by atoms with van der Waals surface area (Å²) in [7, 11) is 1.53. The van der Waals surface area contributed by atoms with Crippen LogP contribution in [0.2, 0.25) is 0 Å². The van der Waals surface area contributed by atoms with Gasteiger partial charge >= 0.3 is 0 Å². The molecule has 0 fully saturated rings. The number of rotatable bonds is 6. The molecule has 0 aliphatic heterocycles. The molecule has 106 valence electrons. The van der Waals surface area contributed by atoms with E-state index in [1.54, 1.807) is 29.1 Å². The summed E-state index contributed by atoms with van der Waals surface area (Å²) in [6.07, 6.45) is 1.56. The van der Waals surface area contributed by atoms with E-state index < -0.39 is 0 Å². The van der Waals surface area contributed by atoms with Crippen LogP contribution >= 0.6 is 0 Å². The monoisotopic (exact) mass is 274 g/mol. The molecule has 0 amide bonds. The first-order chi connectivity index (χ1) is 9.71. The lowest BCUT2D eigenvalue weighted by molar-refractivity contribution is 0.102. The Morgan fingerprint density at radius 1 is 1.35 bits per heavy atom. The number of methoxy groups -OCH3 is 1. The van der Waals surface area contributed by atoms with Crippen molar-refractivity contribution in [2.75, 3.05) is 13.7 Å². The van der Waals surface area contributed by atoms with Gasteiger partial charge in [-0.1, -0.05) is 12.1 Å². The smallest absolute Gasteiger partial charge is 0.214 e. The molecule has 0 spiro atoms. The van der Waals surface area contributed by atoms with Crippen molar-refractivity contribution in [3.8, 4) is 11.5 Å². The number of ether oxygens (including phenoxy) is 2. The van der Waals surface area contributed by atoms with E-state index in [2.05, 4.69) is 5.10 Å². The second kappa shape index (κ2) is 6.23. The van der Waals surface area contributed by atoms with Crippen LogP contribution in [0.25, 0.3) is 0 Å². The first kappa shape index (κ1) is 14.1. The molecule has 2 rings (SSSR count). The Morgan fingerprint density at radius 3 is 2.80 bits per heavy atom. The van der Waals surface area contributed by atoms with E-state index in [1.807, 2.05) is 19.9 Å². The molecule has 1 aromatic heterocycles. The van der Waals surface area contributed by atoms with Gasteiger partial charge in [-0.3, -0.25) is 9.48 Å². The number of ketones is 1. The lowest BCUT2D eigenvalue weighted by Crippen LogP contribution is -2.12. The van der Waals surface area contributed by atoms with Gasteiger partial charge in [0, 0.05) is 12.1 Å². The predicted molar refractivity (Wildman–Crippen MR) is 75.5 cm³/mol. The van der Waals surface area contributed by atoms with Gasteiger partial charge in [0.25, 0.3) is 0 Å². The fraction of sp³-hybridized carbons (Fsp3) is 0.333. The second-order valence-corrected chi connectivity index (χ2v) is 4.17. The van der Waals surface area contributed by atoms with Crippen molar-refractivity contribution in [3.63, 3.8) is 0 Å². The maximum absolute atomic E-state index is 12.6. The maximum atomic E-state index is 12.6. The van der Waals surface area contributed by atoms with Gasteiger partial charge in [0.2, 0.25) is 5.78 Å². The van der Waals surface area contributed by atoms with Crippen molar-refractivity contribution in [2.45, 2.75) is 20.4 Å². The van der Waals surface area contributed by atoms with Crippen molar-refractivity contribution in [2.24, 2.45) is 0 Å². The summed E-state index contributed by atoms with van der Waals surface area (Å²) in [5, 5.41) is 4.15. The number of carbonyl (C=O) groups is 1. The van der Waals surface area contributed by atoms with E-state index in [-0.39, 0.29) is 5.78 Å². The third-order valence-corrected chi connectivity index (χ3v) is 2.95. The SMILES string of the molecule is CCOc1cccc(C(=O)c2c(OC)cnn2CC)c1. The van der Waals surface area contributed by atoms with Crippen molar-refractivity contribution in [3.05, 3.63) is 41.7 Å². The Hall–Kier alpha value is -2.30. The summed E-state index contributed by atoms with van der Waals surface area (Å²) >= 11 is 0. The lowest BCUT2D eigenvalue weighted by atomic mass is 10.1. The summed E-state index contributed by atoms with van der Waals surface area (Å²) in [4.78, 5) is 12.6. The molecule has 1 aromatic carbocycles. The van der Waals surface area contributed by atoms with Crippen molar-refractivity contribution in [1.29, 1.82) is 0 Å². The second-order valence-electron chi connectivity index (χ2n) is 4.17. The number of carbonyl (C=O) groups excluding carboxylic acids is 1. The highest BCUT2D eigenvalue weighted by molar-refractivity contribution is 6.09. The summed E-state index contributed by atoms with van der Waals surface area (Å²) in [6, 6.07) is 7.13. The van der Waals surface area contributed by atoms with Crippen LogP contribution in [0.3, 0.4) is 0 Å². The zero-order valence-corrected chi connectivity index (χ0v) is 11.9. The normalized spacial score (nSPS) is 10.3. The number of aromatic nitrogens is 2. The molecular weight excluding hydrogens is 256 g/mol. The lowest BCUT2D eigenvalue weighted by Gasteiger charge is -2.08. The average Bonchev–Trinajstić information content (AvgIpc) is 2.90. The Bertz CT molecular complexity index is 583. The quantitative estimate of drug-likeness (QED) is 0.760. The van der Waals surface area contributed by atoms with E-state index in [0.29, 0.717) is 35.9 Å². The minimum Gasteiger partial charge on any atom is -0.494 e. The first-order valence-corrected chi connectivity index (χ1v) is 6.58. The highest BCUT2D eigenvalue weighted by Crippen LogP contribution is 2.23. The van der Waals surface area contributed by atoms with Crippen LogP contribution in [-0.2, 0) is 6.54 Å². The Balaban J connectivity index is 2.40. The summed E-state index contributed by atoms with van der Waals surface area (Å²) in [5.74, 6) is 1.04. The average molecular weight is 274 g/mol. The highest BCUT2D eigenvalue weighted by Gasteiger charge is 2.20. The molecule has 0 atom stereocenters. The predicted octanol–water partition coefficient (Wildman–Crippen LogP) is 2.54. The van der Waals surface area contributed by atoms with Crippen LogP contribution in [0, 0.1) is 0 Å². The van der Waals surface area contributed by atoms with Crippen LogP contribution in [0.15, 0.2) is 30.5 Å². The molecule has 1 heterocycles. The van der Waals surface area contributed by atoms with Gasteiger partial charge in [-0.25, -0.2) is 0 Å². The molecular formula is C15H18N2O3. The molecule has 0 unspecified atom stereocenters. The number of hydrogen-bond acceptors (Lipinski definition) is 4. The molecule has 20 heavy (non-hydrogen) atoms. The number of nitrogens with zero attached hydrogens (tertiary/aromatic N) is 2. The van der Waals surface area contributed by atoms with E-state index >= 15 is 0 Å². The third-order valence-electron chi connectivity index (χ3n) is 2.95. The minimum absolute atomic E-state index is 0.122. The molecule has 0 saturated heterocycles. The third kappa shape index (κ3) is 2.66. The van der Waals surface area contributed by atoms with Crippen LogP contribution in [0.5, 0.6) is 11.5 Å². The van der Waals surface area contributed by atoms with E-state index in [0.717, 1.165) is 0 Å². The molecule has 5 nitrogen and oxygen atoms in total. The fourth-order valence-electron chi connectivity index (χ4n) is 2.02. The van der Waals surface area contributed by atoms with Gasteiger partial charge in [0.05, 0.1) is 19.9 Å². The largest absolute Gasteiger partial charge is 0.494 e. The summed E-state index contributed by atoms with van der Waals surface area (Å²) in [5.41, 5.74) is 1.02. The van der Waals surface area contributed by atoms with Gasteiger partial charge in [-0.15, -0.1) is 0 Å². The Labute approximate surface area is 118 Å². The standard InChI is InChI=1S/C15H18N2O3/c1-4-17-14(13(19-3)10-16-17)15(18)11-7-6-8-12(9-11)20-5-2/h6-10H,4-5H2,1-3H3. The van der Waals surface area contributed by atoms with Crippen LogP contribution in [0.4, 0.5) is 0 Å². The first-order valence-electron chi connectivity index (χ1n) is 6.58. The summed E-state index contributed by atoms with van der Waals surface area (Å²) in [6.45, 7) is 5.01. The van der Waals surface area contributed by atoms with Crippen molar-refractivity contribution in [1.82, 2.24) is 9.78 Å². The van der Waals surface area contributed by atoms with Gasteiger partial charge in [0.1, 0.15) is 5.75 Å². The molecule has 5 heteroatoms. The summed E-state index contributed by atoms with van der Waals surface area (Å²) < 4.78 is 12.3. The molecule has 0 aliphatic carbocycles. The van der Waals surface area contributed by atoms with Crippen LogP contribution in [-0.4, -0.2) is 29.3 Å². The van der Waals surface area contributed by atoms with Gasteiger partial charge in [0.15, 0.2) is 11.4 Å². The Morgan fingerprint density at radius 2 is 2.15 bits per heavy atom. The van der Waals surface area contributed by atoms with Crippen LogP contribution in [0.1, 0.15) is 29.9 Å². The number of aryl methyl sites for hydroxylation is 1. The number of hydrogen-bond donors (Lipinski definition) is 0. The zero-order valence-electron chi connectivity index (χ0n) is 11.9. The van der Waals surface area contributed by atoms with Gasteiger partial charge in [-0.2, -0.15) is 5.10 Å². The molecule has 2 aromatic rings. The van der Waals surface area contributed by atoms with Crippen LogP contribution < -0.4 is 9.47 Å². The van der Waals surface area contributed by atoms with Gasteiger partial charge in [-0.05, 0) is 26.0 Å². The van der Waals surface area contributed by atoms with E-state index in [4.69, 9.17) is 9.47 Å². The molecule has 0 bridgehead atoms. The fourth-order valence-corrected chi connectivity index (χ4v) is 2.02. The molecule has 0 saturated carbocycles. The van der Waals surface area contributed by atoms with Crippen molar-refractivity contribution < 1.29 is 14.3 Å². The maximum Gasteiger partial charge on any atom is 0.214 e. The van der Waals surface area contributed by atoms with E-state index in [1.165, 1.54) is 7.11 Å². The number of benzene rings is 1. The topological polar surface area (TPSA) is 53.4 Å². The molecule has 0 aliphatic rings. The molecule has 0 radical (unpaired) electrons. The van der Waals surface area contributed by atoms with Gasteiger partial charge < -0.3 is 9.47 Å². The minimum atomic E-state index is -0.122. The Kier molecular flexibility index (Phi) is 4.40. The zero-order chi connectivity index (χ0) is 14.5. The van der Waals surface area contributed by atoms with E-state index in [9.17, 15) is 4.79 Å². The molecule has 0 N–H and O–H groups in total. The highest BCUT2D eigenvalue weighted by atomic mass is 16.5. The van der Waals surface area contributed by atoms with Crippen molar-refractivity contribution >= 4 is 5.78 Å².